The van der Waals surface area contributed by atoms with Crippen LogP contribution >= 0.6 is 0 Å². The lowest BCUT2D eigenvalue weighted by Crippen LogP contribution is -2.47. The van der Waals surface area contributed by atoms with Crippen LogP contribution in [0.15, 0.2) is 0 Å². The Kier molecular flexibility index (Phi) is 3.12. The van der Waals surface area contributed by atoms with Gasteiger partial charge in [-0.1, -0.05) is 6.92 Å². The van der Waals surface area contributed by atoms with Gasteiger partial charge in [0.1, 0.15) is 0 Å². The molecule has 1 N–H and O–H groups in total. The molecule has 0 aromatic heterocycles. The molecule has 1 atom stereocenters. The van der Waals surface area contributed by atoms with Crippen molar-refractivity contribution in [3.63, 3.8) is 0 Å². The standard InChI is InChI=1S/C7H15NO2/c1-2-8-3-4-10-6-7(8)5-9/h7,9H,2-6H2,1H3/t7-/m0/s1. The van der Waals surface area contributed by atoms with Gasteiger partial charge in [0.2, 0.25) is 0 Å². The van der Waals surface area contributed by atoms with E-state index >= 15 is 0 Å². The van der Waals surface area contributed by atoms with Crippen molar-refractivity contribution in [2.24, 2.45) is 0 Å². The lowest BCUT2D eigenvalue weighted by atomic mass is 10.2. The normalized spacial score (nSPS) is 28.8. The third-order valence-corrected chi connectivity index (χ3v) is 1.97. The molecule has 1 heterocycles. The molecule has 0 radical (unpaired) electrons. The minimum absolute atomic E-state index is 0.216. The zero-order chi connectivity index (χ0) is 7.40. The summed E-state index contributed by atoms with van der Waals surface area (Å²) in [6.07, 6.45) is 0. The van der Waals surface area contributed by atoms with Crippen molar-refractivity contribution in [1.82, 2.24) is 4.90 Å². The molecule has 0 bridgehead atoms. The molecule has 1 saturated heterocycles. The second-order valence-corrected chi connectivity index (χ2v) is 2.54. The Balaban J connectivity index is 2.34. The Hall–Kier alpha value is -0.120. The fraction of sp³-hybridized carbons (Fsp3) is 1.00. The predicted octanol–water partition coefficient (Wildman–Crippen LogP) is -0.301. The number of ether oxygens (including phenoxy) is 1. The number of rotatable bonds is 2. The topological polar surface area (TPSA) is 32.7 Å². The van der Waals surface area contributed by atoms with Gasteiger partial charge >= 0.3 is 0 Å². The molecule has 0 saturated carbocycles. The second kappa shape index (κ2) is 3.91. The maximum absolute atomic E-state index is 8.87. The molecule has 60 valence electrons. The zero-order valence-corrected chi connectivity index (χ0v) is 6.42. The van der Waals surface area contributed by atoms with Crippen molar-refractivity contribution >= 4 is 0 Å². The molecule has 3 heteroatoms. The molecule has 0 amide bonds. The van der Waals surface area contributed by atoms with Crippen LogP contribution in [-0.2, 0) is 4.74 Å². The Labute approximate surface area is 61.6 Å². The smallest absolute Gasteiger partial charge is 0.0644 e. The molecule has 1 aliphatic rings. The molecule has 0 aromatic carbocycles. The van der Waals surface area contributed by atoms with Gasteiger partial charge in [-0.2, -0.15) is 0 Å². The van der Waals surface area contributed by atoms with E-state index in [0.717, 1.165) is 19.7 Å². The molecule has 0 unspecified atom stereocenters. The quantitative estimate of drug-likeness (QED) is 0.579. The highest BCUT2D eigenvalue weighted by Crippen LogP contribution is 2.04. The number of nitrogens with zero attached hydrogens (tertiary/aromatic N) is 1. The van der Waals surface area contributed by atoms with Crippen LogP contribution in [0.2, 0.25) is 0 Å². The summed E-state index contributed by atoms with van der Waals surface area (Å²) in [6.45, 7) is 5.78. The van der Waals surface area contributed by atoms with Crippen LogP contribution in [0.5, 0.6) is 0 Å². The van der Waals surface area contributed by atoms with Crippen molar-refractivity contribution in [3.8, 4) is 0 Å². The van der Waals surface area contributed by atoms with Crippen LogP contribution < -0.4 is 0 Å². The molecule has 1 aliphatic heterocycles. The molecule has 10 heavy (non-hydrogen) atoms. The highest BCUT2D eigenvalue weighted by molar-refractivity contribution is 4.72. The first-order chi connectivity index (χ1) is 4.88. The van der Waals surface area contributed by atoms with Gasteiger partial charge in [0.05, 0.1) is 25.9 Å². The van der Waals surface area contributed by atoms with E-state index in [1.807, 2.05) is 0 Å². The van der Waals surface area contributed by atoms with E-state index in [9.17, 15) is 0 Å². The van der Waals surface area contributed by atoms with Crippen LogP contribution in [0.3, 0.4) is 0 Å². The molecule has 1 rings (SSSR count). The maximum Gasteiger partial charge on any atom is 0.0644 e. The van der Waals surface area contributed by atoms with Crippen molar-refractivity contribution in [3.05, 3.63) is 0 Å². The van der Waals surface area contributed by atoms with E-state index in [1.165, 1.54) is 0 Å². The molecular formula is C7H15NO2. The van der Waals surface area contributed by atoms with E-state index in [4.69, 9.17) is 9.84 Å². The van der Waals surface area contributed by atoms with E-state index in [0.29, 0.717) is 6.61 Å². The minimum atomic E-state index is 0.216. The summed E-state index contributed by atoms with van der Waals surface area (Å²) in [5, 5.41) is 8.87. The van der Waals surface area contributed by atoms with Gasteiger partial charge in [0.15, 0.2) is 0 Å². The highest BCUT2D eigenvalue weighted by Gasteiger charge is 2.19. The Bertz CT molecular complexity index is 85.6. The van der Waals surface area contributed by atoms with Gasteiger partial charge < -0.3 is 9.84 Å². The summed E-state index contributed by atoms with van der Waals surface area (Å²) in [5.41, 5.74) is 0. The van der Waals surface area contributed by atoms with Crippen LogP contribution in [0.25, 0.3) is 0 Å². The first-order valence-corrected chi connectivity index (χ1v) is 3.81. The largest absolute Gasteiger partial charge is 0.395 e. The van der Waals surface area contributed by atoms with Crippen LogP contribution in [0.1, 0.15) is 6.92 Å². The van der Waals surface area contributed by atoms with Crippen molar-refractivity contribution < 1.29 is 9.84 Å². The summed E-state index contributed by atoms with van der Waals surface area (Å²) in [6, 6.07) is 0.235. The molecule has 1 fully saturated rings. The van der Waals surface area contributed by atoms with Crippen molar-refractivity contribution in [2.75, 3.05) is 32.9 Å². The zero-order valence-electron chi connectivity index (χ0n) is 6.42. The Morgan fingerprint density at radius 3 is 3.00 bits per heavy atom. The van der Waals surface area contributed by atoms with E-state index < -0.39 is 0 Å². The summed E-state index contributed by atoms with van der Waals surface area (Å²) in [4.78, 5) is 2.24. The van der Waals surface area contributed by atoms with E-state index in [1.54, 1.807) is 0 Å². The number of likely N-dealkylation sites (N-methyl/N-ethyl adjacent to an activating group) is 1. The van der Waals surface area contributed by atoms with E-state index in [-0.39, 0.29) is 12.6 Å². The van der Waals surface area contributed by atoms with E-state index in [2.05, 4.69) is 11.8 Å². The second-order valence-electron chi connectivity index (χ2n) is 2.54. The molecule has 3 nitrogen and oxygen atoms in total. The highest BCUT2D eigenvalue weighted by atomic mass is 16.5. The van der Waals surface area contributed by atoms with Gasteiger partial charge in [-0.05, 0) is 6.54 Å². The van der Waals surface area contributed by atoms with Gasteiger partial charge in [-0.3, -0.25) is 4.90 Å². The molecule has 0 spiro atoms. The fourth-order valence-corrected chi connectivity index (χ4v) is 1.27. The summed E-state index contributed by atoms with van der Waals surface area (Å²) in [5.74, 6) is 0. The number of hydrogen-bond acceptors (Lipinski definition) is 3. The average molecular weight is 145 g/mol. The van der Waals surface area contributed by atoms with Crippen LogP contribution in [-0.4, -0.2) is 49.0 Å². The van der Waals surface area contributed by atoms with Gasteiger partial charge in [-0.15, -0.1) is 0 Å². The number of aliphatic hydroxyl groups excluding tert-OH is 1. The third-order valence-electron chi connectivity index (χ3n) is 1.97. The van der Waals surface area contributed by atoms with Crippen LogP contribution in [0, 0.1) is 0 Å². The number of aliphatic hydroxyl groups is 1. The molecule has 0 aliphatic carbocycles. The minimum Gasteiger partial charge on any atom is -0.395 e. The van der Waals surface area contributed by atoms with Crippen LogP contribution in [0.4, 0.5) is 0 Å². The fourth-order valence-electron chi connectivity index (χ4n) is 1.27. The lowest BCUT2D eigenvalue weighted by Gasteiger charge is -2.33. The first-order valence-electron chi connectivity index (χ1n) is 3.81. The monoisotopic (exact) mass is 145 g/mol. The van der Waals surface area contributed by atoms with Crippen molar-refractivity contribution in [2.45, 2.75) is 13.0 Å². The molecule has 0 aromatic rings. The first kappa shape index (κ1) is 7.98. The Morgan fingerprint density at radius 2 is 2.50 bits per heavy atom. The summed E-state index contributed by atoms with van der Waals surface area (Å²) >= 11 is 0. The van der Waals surface area contributed by atoms with Gasteiger partial charge in [-0.25, -0.2) is 0 Å². The predicted molar refractivity (Wildman–Crippen MR) is 38.9 cm³/mol. The lowest BCUT2D eigenvalue weighted by molar-refractivity contribution is -0.0248. The maximum atomic E-state index is 8.87. The van der Waals surface area contributed by atoms with Gasteiger partial charge in [0, 0.05) is 6.54 Å². The molecular weight excluding hydrogens is 130 g/mol. The SMILES string of the molecule is CCN1CCOC[C@@H]1CO. The Morgan fingerprint density at radius 1 is 1.70 bits per heavy atom. The summed E-state index contributed by atoms with van der Waals surface area (Å²) < 4.78 is 5.20. The average Bonchev–Trinajstić information content (AvgIpc) is 2.04. The summed E-state index contributed by atoms with van der Waals surface area (Å²) in [7, 11) is 0. The number of hydrogen-bond donors (Lipinski definition) is 1. The third kappa shape index (κ3) is 1.68. The number of morpholine rings is 1. The van der Waals surface area contributed by atoms with Gasteiger partial charge in [0.25, 0.3) is 0 Å². The van der Waals surface area contributed by atoms with Crippen molar-refractivity contribution in [1.29, 1.82) is 0 Å².